The molecule has 0 saturated carbocycles. The zero-order valence-corrected chi connectivity index (χ0v) is 11.0. The first-order chi connectivity index (χ1) is 9.04. The molecule has 0 aliphatic heterocycles. The summed E-state index contributed by atoms with van der Waals surface area (Å²) in [4.78, 5) is 28.0. The number of hydrogen-bond acceptors (Lipinski definition) is 5. The summed E-state index contributed by atoms with van der Waals surface area (Å²) >= 11 is 0. The van der Waals surface area contributed by atoms with E-state index in [1.165, 1.54) is 4.90 Å². The van der Waals surface area contributed by atoms with Crippen LogP contribution in [0.3, 0.4) is 0 Å². The number of anilines is 1. The lowest BCUT2D eigenvalue weighted by Crippen LogP contribution is -2.45. The molecule has 0 spiro atoms. The van der Waals surface area contributed by atoms with Crippen molar-refractivity contribution in [3.63, 3.8) is 0 Å². The minimum absolute atomic E-state index is 0.00929. The highest BCUT2D eigenvalue weighted by Crippen LogP contribution is 2.01. The number of nitrogens with one attached hydrogen (secondary N) is 2. The first-order valence-corrected chi connectivity index (χ1v) is 5.93. The second-order valence-corrected chi connectivity index (χ2v) is 4.07. The summed E-state index contributed by atoms with van der Waals surface area (Å²) in [5.74, 6) is -0.743. The molecule has 0 aliphatic carbocycles. The van der Waals surface area contributed by atoms with Gasteiger partial charge in [0.1, 0.15) is 11.9 Å². The van der Waals surface area contributed by atoms with Crippen LogP contribution in [0.25, 0.3) is 0 Å². The number of carbonyl (C=O) groups is 2. The van der Waals surface area contributed by atoms with Crippen LogP contribution in [-0.4, -0.2) is 46.5 Å². The van der Waals surface area contributed by atoms with E-state index >= 15 is 0 Å². The largest absolute Gasteiger partial charge is 0.480 e. The molecule has 0 aliphatic rings. The van der Waals surface area contributed by atoms with Gasteiger partial charge in [0.25, 0.3) is 5.91 Å². The van der Waals surface area contributed by atoms with E-state index in [1.807, 2.05) is 0 Å². The molecule has 0 bridgehead atoms. The highest BCUT2D eigenvalue weighted by molar-refractivity contribution is 5.80. The van der Waals surface area contributed by atoms with Crippen molar-refractivity contribution in [2.45, 2.75) is 19.4 Å². The summed E-state index contributed by atoms with van der Waals surface area (Å²) in [6.45, 7) is 1.75. The van der Waals surface area contributed by atoms with Gasteiger partial charge in [0, 0.05) is 6.20 Å². The van der Waals surface area contributed by atoms with Crippen molar-refractivity contribution in [2.24, 2.45) is 0 Å². The maximum atomic E-state index is 11.6. The van der Waals surface area contributed by atoms with Gasteiger partial charge in [-0.2, -0.15) is 0 Å². The molecule has 1 aromatic heterocycles. The average molecular weight is 266 g/mol. The van der Waals surface area contributed by atoms with Crippen LogP contribution in [0, 0.1) is 0 Å². The fourth-order valence-corrected chi connectivity index (χ4v) is 1.62. The number of rotatable bonds is 7. The number of aromatic nitrogens is 1. The van der Waals surface area contributed by atoms with Gasteiger partial charge in [-0.1, -0.05) is 13.0 Å². The Kier molecular flexibility index (Phi) is 5.74. The number of hydrazine groups is 1. The number of aliphatic carboxylic acids is 1. The van der Waals surface area contributed by atoms with Crippen molar-refractivity contribution < 1.29 is 14.7 Å². The molecule has 1 rings (SSSR count). The second-order valence-electron chi connectivity index (χ2n) is 4.07. The van der Waals surface area contributed by atoms with Crippen molar-refractivity contribution in [3.05, 3.63) is 24.4 Å². The van der Waals surface area contributed by atoms with Gasteiger partial charge >= 0.3 is 5.97 Å². The molecule has 7 heteroatoms. The minimum Gasteiger partial charge on any atom is -0.480 e. The van der Waals surface area contributed by atoms with Crippen molar-refractivity contribution in [1.29, 1.82) is 0 Å². The van der Waals surface area contributed by atoms with Crippen LogP contribution < -0.4 is 10.9 Å². The highest BCUT2D eigenvalue weighted by atomic mass is 16.4. The monoisotopic (exact) mass is 266 g/mol. The van der Waals surface area contributed by atoms with E-state index in [1.54, 1.807) is 38.4 Å². The lowest BCUT2D eigenvalue weighted by molar-refractivity contribution is -0.143. The standard InChI is InChI=1S/C12H18N4O3/c1-3-9(12(18)19)16(2)8-11(17)15-14-10-6-4-5-7-13-10/h4-7,9H,3,8H2,1-2H3,(H,13,14)(H,15,17)(H,18,19). The molecular weight excluding hydrogens is 248 g/mol. The van der Waals surface area contributed by atoms with Gasteiger partial charge < -0.3 is 5.11 Å². The van der Waals surface area contributed by atoms with Gasteiger partial charge in [0.05, 0.1) is 6.54 Å². The molecular formula is C12H18N4O3. The third-order valence-corrected chi connectivity index (χ3v) is 2.59. The molecule has 7 nitrogen and oxygen atoms in total. The molecule has 1 atom stereocenters. The van der Waals surface area contributed by atoms with Crippen LogP contribution in [0.1, 0.15) is 13.3 Å². The summed E-state index contributed by atoms with van der Waals surface area (Å²) in [6, 6.07) is 4.58. The first-order valence-electron chi connectivity index (χ1n) is 5.93. The Hall–Kier alpha value is -2.15. The van der Waals surface area contributed by atoms with E-state index in [4.69, 9.17) is 5.11 Å². The zero-order valence-electron chi connectivity index (χ0n) is 11.0. The fraction of sp³-hybridized carbons (Fsp3) is 0.417. The van der Waals surface area contributed by atoms with E-state index in [9.17, 15) is 9.59 Å². The molecule has 1 amide bonds. The van der Waals surface area contributed by atoms with Gasteiger partial charge in [-0.15, -0.1) is 0 Å². The third kappa shape index (κ3) is 4.92. The third-order valence-electron chi connectivity index (χ3n) is 2.59. The number of carbonyl (C=O) groups excluding carboxylic acids is 1. The van der Waals surface area contributed by atoms with Crippen LogP contribution in [0.15, 0.2) is 24.4 Å². The molecule has 0 aromatic carbocycles. The van der Waals surface area contributed by atoms with Gasteiger partial charge in [-0.3, -0.25) is 25.3 Å². The SMILES string of the molecule is CCC(C(=O)O)N(C)CC(=O)NNc1ccccn1. The highest BCUT2D eigenvalue weighted by Gasteiger charge is 2.22. The summed E-state index contributed by atoms with van der Waals surface area (Å²) in [5, 5.41) is 8.97. The van der Waals surface area contributed by atoms with Crippen molar-refractivity contribution >= 4 is 17.7 Å². The van der Waals surface area contributed by atoms with Crippen molar-refractivity contribution in [1.82, 2.24) is 15.3 Å². The Balaban J connectivity index is 2.40. The summed E-state index contributed by atoms with van der Waals surface area (Å²) in [7, 11) is 1.60. The van der Waals surface area contributed by atoms with Crippen LogP contribution in [0.4, 0.5) is 5.82 Å². The molecule has 1 unspecified atom stereocenters. The summed E-state index contributed by atoms with van der Waals surface area (Å²) < 4.78 is 0. The first kappa shape index (κ1) is 14.9. The van der Waals surface area contributed by atoms with Crippen LogP contribution in [-0.2, 0) is 9.59 Å². The molecule has 104 valence electrons. The predicted octanol–water partition coefficient (Wildman–Crippen LogP) is 0.320. The van der Waals surface area contributed by atoms with Crippen LogP contribution >= 0.6 is 0 Å². The Morgan fingerprint density at radius 3 is 2.74 bits per heavy atom. The molecule has 3 N–H and O–H groups in total. The number of pyridine rings is 1. The summed E-state index contributed by atoms with van der Waals surface area (Å²) in [6.07, 6.45) is 2.03. The maximum Gasteiger partial charge on any atom is 0.320 e. The number of nitrogens with zero attached hydrogens (tertiary/aromatic N) is 2. The predicted molar refractivity (Wildman–Crippen MR) is 70.3 cm³/mol. The molecule has 0 saturated heterocycles. The quantitative estimate of drug-likeness (QED) is 0.615. The lowest BCUT2D eigenvalue weighted by Gasteiger charge is -2.22. The van der Waals surface area contributed by atoms with E-state index < -0.39 is 12.0 Å². The minimum atomic E-state index is -0.935. The summed E-state index contributed by atoms with van der Waals surface area (Å²) in [5.41, 5.74) is 5.11. The Morgan fingerprint density at radius 2 is 2.21 bits per heavy atom. The Bertz CT molecular complexity index is 424. The number of hydrogen-bond donors (Lipinski definition) is 3. The number of carboxylic acid groups (broad SMARTS) is 1. The Labute approximate surface area is 111 Å². The van der Waals surface area contributed by atoms with Crippen LogP contribution in [0.2, 0.25) is 0 Å². The number of likely N-dealkylation sites (N-methyl/N-ethyl adjacent to an activating group) is 1. The zero-order chi connectivity index (χ0) is 14.3. The molecule has 1 aromatic rings. The number of carboxylic acids is 1. The van der Waals surface area contributed by atoms with E-state index in [-0.39, 0.29) is 12.5 Å². The maximum absolute atomic E-state index is 11.6. The fourth-order valence-electron chi connectivity index (χ4n) is 1.62. The van der Waals surface area contributed by atoms with Crippen molar-refractivity contribution in [2.75, 3.05) is 19.0 Å². The molecule has 0 radical (unpaired) electrons. The Morgan fingerprint density at radius 1 is 1.47 bits per heavy atom. The topological polar surface area (TPSA) is 94.6 Å². The van der Waals surface area contributed by atoms with Gasteiger partial charge in [-0.25, -0.2) is 4.98 Å². The van der Waals surface area contributed by atoms with E-state index in [2.05, 4.69) is 15.8 Å². The second kappa shape index (κ2) is 7.32. The van der Waals surface area contributed by atoms with Crippen molar-refractivity contribution in [3.8, 4) is 0 Å². The molecule has 19 heavy (non-hydrogen) atoms. The number of amides is 1. The average Bonchev–Trinajstić information content (AvgIpc) is 2.38. The van der Waals surface area contributed by atoms with E-state index in [0.29, 0.717) is 12.2 Å². The van der Waals surface area contributed by atoms with Gasteiger partial charge in [0.15, 0.2) is 0 Å². The normalized spacial score (nSPS) is 11.9. The van der Waals surface area contributed by atoms with E-state index in [0.717, 1.165) is 0 Å². The molecule has 0 fully saturated rings. The van der Waals surface area contributed by atoms with Gasteiger partial charge in [0.2, 0.25) is 0 Å². The van der Waals surface area contributed by atoms with Gasteiger partial charge in [-0.05, 0) is 25.6 Å². The lowest BCUT2D eigenvalue weighted by atomic mass is 10.2. The smallest absolute Gasteiger partial charge is 0.320 e. The molecule has 1 heterocycles. The van der Waals surface area contributed by atoms with Crippen LogP contribution in [0.5, 0.6) is 0 Å².